The van der Waals surface area contributed by atoms with Gasteiger partial charge in [0.2, 0.25) is 0 Å². The van der Waals surface area contributed by atoms with Gasteiger partial charge in [0.25, 0.3) is 0 Å². The molecule has 1 saturated carbocycles. The zero-order valence-electron chi connectivity index (χ0n) is 23.6. The summed E-state index contributed by atoms with van der Waals surface area (Å²) in [5, 5.41) is 0.763. The third kappa shape index (κ3) is 7.49. The van der Waals surface area contributed by atoms with Gasteiger partial charge in [-0.25, -0.2) is 0 Å². The molecule has 0 bridgehead atoms. The van der Waals surface area contributed by atoms with E-state index in [-0.39, 0.29) is 23.5 Å². The highest BCUT2D eigenvalue weighted by atomic mass is 19.4. The molecular formula is C34H37F3N2O2. The molecule has 3 aromatic rings. The fourth-order valence-electron chi connectivity index (χ4n) is 5.30. The molecule has 0 amide bonds. The van der Waals surface area contributed by atoms with E-state index in [0.29, 0.717) is 29.6 Å². The Morgan fingerprint density at radius 2 is 1.90 bits per heavy atom. The Kier molecular flexibility index (Phi) is 10.1. The molecule has 0 unspecified atom stereocenters. The third-order valence-corrected chi connectivity index (χ3v) is 7.60. The van der Waals surface area contributed by atoms with Crippen molar-refractivity contribution in [2.45, 2.75) is 83.5 Å². The predicted molar refractivity (Wildman–Crippen MR) is 158 cm³/mol. The Balaban J connectivity index is 1.75. The quantitative estimate of drug-likeness (QED) is 0.118. The van der Waals surface area contributed by atoms with Gasteiger partial charge in [-0.05, 0) is 81.5 Å². The summed E-state index contributed by atoms with van der Waals surface area (Å²) in [6.45, 7) is 9.65. The lowest BCUT2D eigenvalue weighted by atomic mass is 9.90. The second kappa shape index (κ2) is 13.7. The van der Waals surface area contributed by atoms with Gasteiger partial charge in [0.15, 0.2) is 5.78 Å². The van der Waals surface area contributed by atoms with Gasteiger partial charge < -0.3 is 9.30 Å². The topological polar surface area (TPSA) is 44.1 Å². The molecule has 0 saturated heterocycles. The fraction of sp³-hybridized carbons (Fsp3) is 0.412. The van der Waals surface area contributed by atoms with Gasteiger partial charge in [-0.15, -0.1) is 26.3 Å². The van der Waals surface area contributed by atoms with Crippen LogP contribution in [0, 0.1) is 17.8 Å². The molecule has 7 heteroatoms. The van der Waals surface area contributed by atoms with Crippen LogP contribution in [-0.4, -0.2) is 21.7 Å². The number of benzene rings is 1. The SMILES string of the molecule is C=CCCC(CCC=C)CC(=O)c1ccc(-c2c(C#CCCC)c3ccc(OC(F)(F)F)cc3n2C2CCC2)nc1. The summed E-state index contributed by atoms with van der Waals surface area (Å²) in [5.41, 5.74) is 3.33. The number of Topliss-reactive ketones (excluding diaryl/α,β-unsaturated/α-hetero) is 1. The Hall–Kier alpha value is -3.79. The number of aromatic nitrogens is 2. The molecule has 1 aromatic carbocycles. The number of alkyl halides is 3. The van der Waals surface area contributed by atoms with E-state index in [4.69, 9.17) is 4.98 Å². The van der Waals surface area contributed by atoms with E-state index in [1.165, 1.54) is 12.1 Å². The molecule has 1 fully saturated rings. The molecule has 216 valence electrons. The van der Waals surface area contributed by atoms with Crippen molar-refractivity contribution in [1.82, 2.24) is 9.55 Å². The monoisotopic (exact) mass is 562 g/mol. The van der Waals surface area contributed by atoms with Crippen molar-refractivity contribution in [2.24, 2.45) is 5.92 Å². The maximum atomic E-state index is 13.2. The number of nitrogens with zero attached hydrogens (tertiary/aromatic N) is 2. The van der Waals surface area contributed by atoms with Crippen LogP contribution in [0.2, 0.25) is 0 Å². The number of carbonyl (C=O) groups excluding carboxylic acids is 1. The molecule has 2 aromatic heterocycles. The zero-order chi connectivity index (χ0) is 29.4. The minimum Gasteiger partial charge on any atom is -0.406 e. The van der Waals surface area contributed by atoms with Crippen LogP contribution in [0.5, 0.6) is 5.75 Å². The number of hydrogen-bond donors (Lipinski definition) is 0. The van der Waals surface area contributed by atoms with Crippen molar-refractivity contribution in [3.05, 3.63) is 73.0 Å². The number of pyridine rings is 1. The molecule has 4 rings (SSSR count). The summed E-state index contributed by atoms with van der Waals surface area (Å²) in [5.74, 6) is 6.52. The molecule has 1 aliphatic carbocycles. The van der Waals surface area contributed by atoms with Crippen LogP contribution in [-0.2, 0) is 0 Å². The van der Waals surface area contributed by atoms with Gasteiger partial charge >= 0.3 is 6.36 Å². The Morgan fingerprint density at radius 1 is 1.17 bits per heavy atom. The van der Waals surface area contributed by atoms with E-state index in [1.807, 2.05) is 25.1 Å². The Morgan fingerprint density at radius 3 is 2.46 bits per heavy atom. The first-order chi connectivity index (χ1) is 19.8. The van der Waals surface area contributed by atoms with E-state index in [9.17, 15) is 18.0 Å². The maximum Gasteiger partial charge on any atom is 0.573 e. The van der Waals surface area contributed by atoms with Gasteiger partial charge in [0, 0.05) is 42.1 Å². The van der Waals surface area contributed by atoms with E-state index in [1.54, 1.807) is 18.3 Å². The number of fused-ring (bicyclic) bond motifs is 1. The highest BCUT2D eigenvalue weighted by Crippen LogP contribution is 2.43. The summed E-state index contributed by atoms with van der Waals surface area (Å²) >= 11 is 0. The summed E-state index contributed by atoms with van der Waals surface area (Å²) in [6, 6.07) is 8.17. The molecule has 4 nitrogen and oxygen atoms in total. The first-order valence-corrected chi connectivity index (χ1v) is 14.4. The molecule has 0 aliphatic heterocycles. The van der Waals surface area contributed by atoms with Crippen LogP contribution < -0.4 is 4.74 Å². The molecule has 0 atom stereocenters. The maximum absolute atomic E-state index is 13.2. The number of halogens is 3. The molecule has 2 heterocycles. The van der Waals surface area contributed by atoms with Crippen LogP contribution in [0.3, 0.4) is 0 Å². The summed E-state index contributed by atoms with van der Waals surface area (Å²) in [4.78, 5) is 17.9. The van der Waals surface area contributed by atoms with Crippen LogP contribution >= 0.6 is 0 Å². The first-order valence-electron chi connectivity index (χ1n) is 14.4. The molecule has 0 radical (unpaired) electrons. The third-order valence-electron chi connectivity index (χ3n) is 7.60. The number of hydrogen-bond acceptors (Lipinski definition) is 3. The van der Waals surface area contributed by atoms with Gasteiger partial charge in [-0.3, -0.25) is 9.78 Å². The minimum absolute atomic E-state index is 0.0404. The summed E-state index contributed by atoms with van der Waals surface area (Å²) in [7, 11) is 0. The second-order valence-corrected chi connectivity index (χ2v) is 10.6. The van der Waals surface area contributed by atoms with Crippen molar-refractivity contribution in [1.29, 1.82) is 0 Å². The Labute approximate surface area is 240 Å². The van der Waals surface area contributed by atoms with Crippen LogP contribution in [0.15, 0.2) is 61.8 Å². The highest BCUT2D eigenvalue weighted by Gasteiger charge is 2.32. The van der Waals surface area contributed by atoms with Gasteiger partial charge in [0.1, 0.15) is 5.75 Å². The lowest BCUT2D eigenvalue weighted by molar-refractivity contribution is -0.274. The first kappa shape index (κ1) is 30.2. The normalized spacial score (nSPS) is 13.5. The van der Waals surface area contributed by atoms with E-state index >= 15 is 0 Å². The Bertz CT molecular complexity index is 1430. The van der Waals surface area contributed by atoms with Gasteiger partial charge in [0.05, 0.1) is 22.5 Å². The number of ketones is 1. The second-order valence-electron chi connectivity index (χ2n) is 10.6. The van der Waals surface area contributed by atoms with Crippen LogP contribution in [0.4, 0.5) is 13.2 Å². The summed E-state index contributed by atoms with van der Waals surface area (Å²) < 4.78 is 45.4. The van der Waals surface area contributed by atoms with Crippen LogP contribution in [0.25, 0.3) is 22.3 Å². The smallest absolute Gasteiger partial charge is 0.406 e. The number of carbonyl (C=O) groups is 1. The van der Waals surface area contributed by atoms with Crippen molar-refractivity contribution in [2.75, 3.05) is 0 Å². The molecule has 41 heavy (non-hydrogen) atoms. The summed E-state index contributed by atoms with van der Waals surface area (Å²) in [6.07, 6.45) is 8.98. The van der Waals surface area contributed by atoms with E-state index in [2.05, 4.69) is 34.3 Å². The average molecular weight is 563 g/mol. The predicted octanol–water partition coefficient (Wildman–Crippen LogP) is 9.60. The number of unbranched alkanes of at least 4 members (excludes halogenated alkanes) is 1. The minimum atomic E-state index is -4.78. The van der Waals surface area contributed by atoms with Crippen molar-refractivity contribution in [3.63, 3.8) is 0 Å². The zero-order valence-corrected chi connectivity index (χ0v) is 23.6. The fourth-order valence-corrected chi connectivity index (χ4v) is 5.30. The standard InChI is InChI=1S/C34H37F3N2O2/c1-4-7-10-16-29-28-19-18-27(41-34(35,36)37)22-31(28)39(26-14-11-15-26)33(29)30-20-17-25(23-38-30)32(40)21-24(12-8-5-2)13-9-6-3/h5-6,17-20,22-24,26H,2-4,7-9,11-15,21H2,1H3. The van der Waals surface area contributed by atoms with Gasteiger partial charge in [-0.2, -0.15) is 0 Å². The number of rotatable bonds is 13. The van der Waals surface area contributed by atoms with Crippen molar-refractivity contribution in [3.8, 4) is 29.0 Å². The van der Waals surface area contributed by atoms with E-state index < -0.39 is 6.36 Å². The largest absolute Gasteiger partial charge is 0.573 e. The molecule has 0 spiro atoms. The highest BCUT2D eigenvalue weighted by molar-refractivity contribution is 5.97. The molecule has 0 N–H and O–H groups in total. The van der Waals surface area contributed by atoms with Crippen LogP contribution in [0.1, 0.15) is 93.1 Å². The van der Waals surface area contributed by atoms with Crippen molar-refractivity contribution < 1.29 is 22.7 Å². The van der Waals surface area contributed by atoms with E-state index in [0.717, 1.165) is 68.0 Å². The lowest BCUT2D eigenvalue weighted by Gasteiger charge is -2.30. The van der Waals surface area contributed by atoms with Crippen molar-refractivity contribution >= 4 is 16.7 Å². The number of ether oxygens (including phenoxy) is 1. The van der Waals surface area contributed by atoms with Gasteiger partial charge in [-0.1, -0.05) is 30.9 Å². The molecule has 1 aliphatic rings. The average Bonchev–Trinajstić information content (AvgIpc) is 3.21. The lowest BCUT2D eigenvalue weighted by Crippen LogP contribution is -2.19. The molecular weight excluding hydrogens is 525 g/mol. The number of allylic oxidation sites excluding steroid dienone is 2.